The Morgan fingerprint density at radius 3 is 2.81 bits per heavy atom. The topological polar surface area (TPSA) is 43.8 Å². The summed E-state index contributed by atoms with van der Waals surface area (Å²) < 4.78 is 3.00. The predicted octanol–water partition coefficient (Wildman–Crippen LogP) is 4.66. The third-order valence-electron chi connectivity index (χ3n) is 4.16. The zero-order valence-corrected chi connectivity index (χ0v) is 14.1. The highest BCUT2D eigenvalue weighted by Gasteiger charge is 2.18. The second kappa shape index (κ2) is 6.51. The summed E-state index contributed by atoms with van der Waals surface area (Å²) >= 11 is 9.46. The summed E-state index contributed by atoms with van der Waals surface area (Å²) in [5.74, 6) is 0. The van der Waals surface area contributed by atoms with Gasteiger partial charge in [-0.15, -0.1) is 0 Å². The Labute approximate surface area is 138 Å². The summed E-state index contributed by atoms with van der Waals surface area (Å²) in [4.78, 5) is 0. The average molecular weight is 369 g/mol. The van der Waals surface area contributed by atoms with E-state index in [0.29, 0.717) is 11.1 Å². The molecular formula is C16H19BrClN3. The molecule has 3 rings (SSSR count). The zero-order chi connectivity index (χ0) is 14.8. The van der Waals surface area contributed by atoms with E-state index in [1.807, 2.05) is 18.2 Å². The summed E-state index contributed by atoms with van der Waals surface area (Å²) in [6.07, 6.45) is 7.97. The van der Waals surface area contributed by atoms with E-state index >= 15 is 0 Å². The first-order valence-corrected chi connectivity index (χ1v) is 8.55. The SMILES string of the molecule is NC(Cc1ccn(C2CCCC2)n1)c1ccc(Cl)c(Br)c1. The monoisotopic (exact) mass is 367 g/mol. The van der Waals surface area contributed by atoms with Gasteiger partial charge in [0.2, 0.25) is 0 Å². The van der Waals surface area contributed by atoms with Gasteiger partial charge in [0.15, 0.2) is 0 Å². The molecule has 0 aliphatic heterocycles. The van der Waals surface area contributed by atoms with Crippen LogP contribution in [0.15, 0.2) is 34.9 Å². The van der Waals surface area contributed by atoms with Crippen LogP contribution < -0.4 is 5.73 Å². The van der Waals surface area contributed by atoms with Gasteiger partial charge < -0.3 is 5.73 Å². The number of rotatable bonds is 4. The maximum atomic E-state index is 6.30. The molecule has 0 amide bonds. The van der Waals surface area contributed by atoms with Crippen molar-refractivity contribution in [2.75, 3.05) is 0 Å². The van der Waals surface area contributed by atoms with E-state index < -0.39 is 0 Å². The van der Waals surface area contributed by atoms with Gasteiger partial charge in [-0.3, -0.25) is 4.68 Å². The first-order chi connectivity index (χ1) is 10.1. The molecule has 0 spiro atoms. The quantitative estimate of drug-likeness (QED) is 0.853. The Kier molecular flexibility index (Phi) is 4.67. The van der Waals surface area contributed by atoms with Crippen LogP contribution in [0.5, 0.6) is 0 Å². The molecule has 1 atom stereocenters. The first-order valence-electron chi connectivity index (χ1n) is 7.38. The maximum Gasteiger partial charge on any atom is 0.0643 e. The molecule has 2 aromatic rings. The predicted molar refractivity (Wildman–Crippen MR) is 89.5 cm³/mol. The summed E-state index contributed by atoms with van der Waals surface area (Å²) in [6.45, 7) is 0. The van der Waals surface area contributed by atoms with Crippen molar-refractivity contribution >= 4 is 27.5 Å². The normalized spacial score (nSPS) is 17.3. The lowest BCUT2D eigenvalue weighted by Gasteiger charge is -2.12. The van der Waals surface area contributed by atoms with Crippen molar-refractivity contribution in [2.45, 2.75) is 44.2 Å². The van der Waals surface area contributed by atoms with Crippen molar-refractivity contribution in [1.29, 1.82) is 0 Å². The molecule has 1 unspecified atom stereocenters. The second-order valence-electron chi connectivity index (χ2n) is 5.71. The lowest BCUT2D eigenvalue weighted by atomic mass is 10.0. The van der Waals surface area contributed by atoms with Crippen LogP contribution >= 0.6 is 27.5 Å². The number of benzene rings is 1. The van der Waals surface area contributed by atoms with Crippen molar-refractivity contribution in [3.8, 4) is 0 Å². The van der Waals surface area contributed by atoms with Gasteiger partial charge in [-0.05, 0) is 52.5 Å². The van der Waals surface area contributed by atoms with E-state index in [9.17, 15) is 0 Å². The van der Waals surface area contributed by atoms with Gasteiger partial charge >= 0.3 is 0 Å². The molecule has 1 fully saturated rings. The highest BCUT2D eigenvalue weighted by atomic mass is 79.9. The Morgan fingerprint density at radius 1 is 1.33 bits per heavy atom. The Bertz CT molecular complexity index is 620. The van der Waals surface area contributed by atoms with Crippen molar-refractivity contribution < 1.29 is 0 Å². The number of nitrogens with zero attached hydrogens (tertiary/aromatic N) is 2. The van der Waals surface area contributed by atoms with Crippen LogP contribution in [0.2, 0.25) is 5.02 Å². The van der Waals surface area contributed by atoms with Gasteiger partial charge in [0.1, 0.15) is 0 Å². The number of aromatic nitrogens is 2. The Morgan fingerprint density at radius 2 is 2.10 bits per heavy atom. The smallest absolute Gasteiger partial charge is 0.0643 e. The molecule has 1 aromatic carbocycles. The van der Waals surface area contributed by atoms with Crippen molar-refractivity contribution in [1.82, 2.24) is 9.78 Å². The number of hydrogen-bond donors (Lipinski definition) is 1. The van der Waals surface area contributed by atoms with E-state index in [-0.39, 0.29) is 6.04 Å². The molecule has 112 valence electrons. The van der Waals surface area contributed by atoms with Gasteiger partial charge in [0, 0.05) is 23.1 Å². The van der Waals surface area contributed by atoms with E-state index in [4.69, 9.17) is 22.4 Å². The Hall–Kier alpha value is -0.840. The van der Waals surface area contributed by atoms with E-state index in [2.05, 4.69) is 32.9 Å². The fraction of sp³-hybridized carbons (Fsp3) is 0.438. The number of nitrogens with two attached hydrogens (primary N) is 1. The fourth-order valence-electron chi connectivity index (χ4n) is 2.94. The fourth-order valence-corrected chi connectivity index (χ4v) is 3.46. The molecule has 1 heterocycles. The largest absolute Gasteiger partial charge is 0.324 e. The van der Waals surface area contributed by atoms with Crippen molar-refractivity contribution in [3.05, 3.63) is 51.2 Å². The van der Waals surface area contributed by atoms with Gasteiger partial charge in [0.25, 0.3) is 0 Å². The molecule has 3 nitrogen and oxygen atoms in total. The first kappa shape index (κ1) is 15.1. The third-order valence-corrected chi connectivity index (χ3v) is 5.38. The van der Waals surface area contributed by atoms with Gasteiger partial charge in [-0.2, -0.15) is 5.10 Å². The van der Waals surface area contributed by atoms with E-state index in [0.717, 1.165) is 22.2 Å². The highest BCUT2D eigenvalue weighted by Crippen LogP contribution is 2.29. The zero-order valence-electron chi connectivity index (χ0n) is 11.8. The van der Waals surface area contributed by atoms with E-state index in [1.165, 1.54) is 25.7 Å². The van der Waals surface area contributed by atoms with Crippen molar-refractivity contribution in [3.63, 3.8) is 0 Å². The standard InChI is InChI=1S/C16H19BrClN3/c17-14-9-11(5-6-15(14)18)16(19)10-12-7-8-21(20-12)13-3-1-2-4-13/h5-9,13,16H,1-4,10,19H2. The summed E-state index contributed by atoms with van der Waals surface area (Å²) in [6, 6.07) is 8.44. The molecule has 21 heavy (non-hydrogen) atoms. The molecule has 1 aliphatic rings. The lowest BCUT2D eigenvalue weighted by molar-refractivity contribution is 0.461. The molecule has 5 heteroatoms. The molecule has 1 aromatic heterocycles. The summed E-state index contributed by atoms with van der Waals surface area (Å²) in [7, 11) is 0. The molecule has 1 aliphatic carbocycles. The molecular weight excluding hydrogens is 350 g/mol. The Balaban J connectivity index is 1.69. The lowest BCUT2D eigenvalue weighted by Crippen LogP contribution is -2.14. The minimum atomic E-state index is -0.0644. The van der Waals surface area contributed by atoms with Gasteiger partial charge in [0.05, 0.1) is 16.8 Å². The third kappa shape index (κ3) is 3.50. The van der Waals surface area contributed by atoms with Crippen LogP contribution in [0.3, 0.4) is 0 Å². The van der Waals surface area contributed by atoms with Crippen molar-refractivity contribution in [2.24, 2.45) is 5.73 Å². The minimum Gasteiger partial charge on any atom is -0.324 e. The van der Waals surface area contributed by atoms with E-state index in [1.54, 1.807) is 0 Å². The summed E-state index contributed by atoms with van der Waals surface area (Å²) in [5, 5.41) is 5.40. The maximum absolute atomic E-state index is 6.30. The van der Waals surface area contributed by atoms with Crippen LogP contribution in [0, 0.1) is 0 Å². The number of halogens is 2. The van der Waals surface area contributed by atoms with Crippen LogP contribution in [-0.2, 0) is 6.42 Å². The summed E-state index contributed by atoms with van der Waals surface area (Å²) in [5.41, 5.74) is 8.42. The highest BCUT2D eigenvalue weighted by molar-refractivity contribution is 9.10. The minimum absolute atomic E-state index is 0.0644. The molecule has 0 bridgehead atoms. The van der Waals surface area contributed by atoms with Gasteiger partial charge in [-0.25, -0.2) is 0 Å². The van der Waals surface area contributed by atoms with Crippen LogP contribution in [0.25, 0.3) is 0 Å². The molecule has 0 saturated heterocycles. The van der Waals surface area contributed by atoms with Crippen LogP contribution in [0.4, 0.5) is 0 Å². The van der Waals surface area contributed by atoms with Crippen LogP contribution in [0.1, 0.15) is 49.0 Å². The second-order valence-corrected chi connectivity index (χ2v) is 6.97. The molecule has 1 saturated carbocycles. The number of hydrogen-bond acceptors (Lipinski definition) is 2. The molecule has 2 N–H and O–H groups in total. The molecule has 0 radical (unpaired) electrons. The van der Waals surface area contributed by atoms with Gasteiger partial charge in [-0.1, -0.05) is 30.5 Å². The van der Waals surface area contributed by atoms with Crippen LogP contribution in [-0.4, -0.2) is 9.78 Å². The average Bonchev–Trinajstić information content (AvgIpc) is 3.12.